The van der Waals surface area contributed by atoms with Crippen molar-refractivity contribution in [1.29, 1.82) is 0 Å². The number of hydrogen-bond donors (Lipinski definition) is 1. The summed E-state index contributed by atoms with van der Waals surface area (Å²) in [7, 11) is 1.75. The molecule has 1 aromatic carbocycles. The van der Waals surface area contributed by atoms with Gasteiger partial charge in [-0.25, -0.2) is 0 Å². The number of para-hydroxylation sites is 1. The third-order valence-corrected chi connectivity index (χ3v) is 2.96. The van der Waals surface area contributed by atoms with E-state index in [0.29, 0.717) is 6.61 Å². The molecule has 0 aliphatic heterocycles. The summed E-state index contributed by atoms with van der Waals surface area (Å²) >= 11 is 0. The summed E-state index contributed by atoms with van der Waals surface area (Å²) in [5, 5.41) is 9.80. The highest BCUT2D eigenvalue weighted by molar-refractivity contribution is 5.95. The van der Waals surface area contributed by atoms with Gasteiger partial charge < -0.3 is 14.7 Å². The molecule has 2 rings (SSSR count). The van der Waals surface area contributed by atoms with Gasteiger partial charge in [0.1, 0.15) is 17.8 Å². The van der Waals surface area contributed by atoms with Crippen LogP contribution in [0.1, 0.15) is 13.3 Å². The Balaban J connectivity index is 2.44. The maximum absolute atomic E-state index is 10.8. The molecular formula is C15H18N2O3. The topological polar surface area (TPSA) is 62.7 Å². The van der Waals surface area contributed by atoms with E-state index < -0.39 is 5.97 Å². The fraction of sp³-hybridized carbons (Fsp3) is 0.333. The lowest BCUT2D eigenvalue weighted by Crippen LogP contribution is -2.25. The number of rotatable bonds is 6. The average molecular weight is 274 g/mol. The van der Waals surface area contributed by atoms with Gasteiger partial charge in [0.2, 0.25) is 0 Å². The maximum atomic E-state index is 10.8. The van der Waals surface area contributed by atoms with E-state index in [1.165, 1.54) is 0 Å². The normalized spacial score (nSPS) is 10.5. The van der Waals surface area contributed by atoms with Gasteiger partial charge >= 0.3 is 5.97 Å². The molecule has 1 N–H and O–H groups in total. The SMILES string of the molecule is CCCOc1cccc2c(N(C)CC(=O)O)ccnc12. The Hall–Kier alpha value is -2.30. The molecule has 2 aromatic rings. The number of ether oxygens (including phenoxy) is 1. The molecule has 0 bridgehead atoms. The van der Waals surface area contributed by atoms with Crippen molar-refractivity contribution in [3.05, 3.63) is 30.5 Å². The van der Waals surface area contributed by atoms with Crippen molar-refractivity contribution in [3.8, 4) is 5.75 Å². The van der Waals surface area contributed by atoms with Gasteiger partial charge in [-0.1, -0.05) is 19.1 Å². The molecule has 0 fully saturated rings. The maximum Gasteiger partial charge on any atom is 0.323 e. The van der Waals surface area contributed by atoms with E-state index in [1.54, 1.807) is 18.1 Å². The smallest absolute Gasteiger partial charge is 0.323 e. The zero-order chi connectivity index (χ0) is 14.5. The van der Waals surface area contributed by atoms with Crippen molar-refractivity contribution >= 4 is 22.6 Å². The molecule has 5 nitrogen and oxygen atoms in total. The minimum Gasteiger partial charge on any atom is -0.491 e. The monoisotopic (exact) mass is 274 g/mol. The summed E-state index contributed by atoms with van der Waals surface area (Å²) in [5.74, 6) is -0.134. The van der Waals surface area contributed by atoms with Crippen molar-refractivity contribution in [1.82, 2.24) is 4.98 Å². The van der Waals surface area contributed by atoms with E-state index in [2.05, 4.69) is 4.98 Å². The van der Waals surface area contributed by atoms with E-state index >= 15 is 0 Å². The number of benzene rings is 1. The van der Waals surface area contributed by atoms with Gasteiger partial charge in [0.05, 0.1) is 6.61 Å². The fourth-order valence-electron chi connectivity index (χ4n) is 2.08. The molecule has 0 saturated carbocycles. The molecule has 106 valence electrons. The van der Waals surface area contributed by atoms with Crippen molar-refractivity contribution in [2.75, 3.05) is 25.1 Å². The molecule has 0 spiro atoms. The minimum absolute atomic E-state index is 0.0564. The predicted molar refractivity (Wildman–Crippen MR) is 78.4 cm³/mol. The summed E-state index contributed by atoms with van der Waals surface area (Å²) in [6, 6.07) is 7.52. The van der Waals surface area contributed by atoms with Crippen molar-refractivity contribution < 1.29 is 14.6 Å². The standard InChI is InChI=1S/C15H18N2O3/c1-3-9-20-13-6-4-5-11-12(7-8-16-15(11)13)17(2)10-14(18)19/h4-8H,3,9-10H2,1-2H3,(H,18,19). The van der Waals surface area contributed by atoms with E-state index in [9.17, 15) is 4.79 Å². The van der Waals surface area contributed by atoms with Crippen LogP contribution in [0.25, 0.3) is 10.9 Å². The number of carboxylic acids is 1. The first-order valence-electron chi connectivity index (χ1n) is 6.57. The number of hydrogen-bond acceptors (Lipinski definition) is 4. The van der Waals surface area contributed by atoms with Gasteiger partial charge in [0.15, 0.2) is 0 Å². The molecule has 0 aliphatic rings. The molecule has 20 heavy (non-hydrogen) atoms. The number of nitrogens with zero attached hydrogens (tertiary/aromatic N) is 2. The molecular weight excluding hydrogens is 256 g/mol. The molecule has 0 atom stereocenters. The van der Waals surface area contributed by atoms with Crippen LogP contribution in [0.15, 0.2) is 30.5 Å². The van der Waals surface area contributed by atoms with Crippen molar-refractivity contribution in [2.45, 2.75) is 13.3 Å². The Labute approximate surface area is 117 Å². The number of pyridine rings is 1. The van der Waals surface area contributed by atoms with E-state index in [4.69, 9.17) is 9.84 Å². The largest absolute Gasteiger partial charge is 0.491 e. The molecule has 0 unspecified atom stereocenters. The summed E-state index contributed by atoms with van der Waals surface area (Å²) in [6.07, 6.45) is 2.60. The van der Waals surface area contributed by atoms with E-state index in [0.717, 1.165) is 28.8 Å². The number of likely N-dealkylation sites (N-methyl/N-ethyl adjacent to an activating group) is 1. The van der Waals surface area contributed by atoms with E-state index in [1.807, 2.05) is 31.2 Å². The first kappa shape index (κ1) is 14.1. The van der Waals surface area contributed by atoms with Crippen molar-refractivity contribution in [2.24, 2.45) is 0 Å². The minimum atomic E-state index is -0.865. The summed E-state index contributed by atoms with van der Waals surface area (Å²) in [6.45, 7) is 2.62. The van der Waals surface area contributed by atoms with Gasteiger partial charge in [-0.2, -0.15) is 0 Å². The predicted octanol–water partition coefficient (Wildman–Crippen LogP) is 2.54. The first-order chi connectivity index (χ1) is 9.63. The molecule has 1 heterocycles. The zero-order valence-electron chi connectivity index (χ0n) is 11.7. The highest BCUT2D eigenvalue weighted by Crippen LogP contribution is 2.30. The summed E-state index contributed by atoms with van der Waals surface area (Å²) < 4.78 is 5.69. The van der Waals surface area contributed by atoms with Crippen LogP contribution in [0.4, 0.5) is 5.69 Å². The Kier molecular flexibility index (Phi) is 4.40. The third kappa shape index (κ3) is 2.99. The zero-order valence-corrected chi connectivity index (χ0v) is 11.7. The highest BCUT2D eigenvalue weighted by Gasteiger charge is 2.12. The van der Waals surface area contributed by atoms with Crippen LogP contribution in [-0.4, -0.2) is 36.3 Å². The van der Waals surface area contributed by atoms with Crippen LogP contribution in [-0.2, 0) is 4.79 Å². The Morgan fingerprint density at radius 1 is 1.40 bits per heavy atom. The Bertz CT molecular complexity index is 613. The lowest BCUT2D eigenvalue weighted by molar-refractivity contribution is -0.135. The number of fused-ring (bicyclic) bond motifs is 1. The molecule has 1 aromatic heterocycles. The molecule has 0 radical (unpaired) electrons. The van der Waals surface area contributed by atoms with Gasteiger partial charge in [-0.05, 0) is 18.6 Å². The Morgan fingerprint density at radius 3 is 2.90 bits per heavy atom. The number of carbonyl (C=O) groups is 1. The van der Waals surface area contributed by atoms with Gasteiger partial charge in [0.25, 0.3) is 0 Å². The van der Waals surface area contributed by atoms with Crippen LogP contribution in [0.3, 0.4) is 0 Å². The highest BCUT2D eigenvalue weighted by atomic mass is 16.5. The van der Waals surface area contributed by atoms with Crippen LogP contribution in [0.5, 0.6) is 5.75 Å². The number of aromatic nitrogens is 1. The first-order valence-corrected chi connectivity index (χ1v) is 6.57. The lowest BCUT2D eigenvalue weighted by atomic mass is 10.1. The molecule has 0 amide bonds. The Morgan fingerprint density at radius 2 is 2.20 bits per heavy atom. The fourth-order valence-corrected chi connectivity index (χ4v) is 2.08. The number of carboxylic acid groups (broad SMARTS) is 1. The molecule has 0 aliphatic carbocycles. The van der Waals surface area contributed by atoms with Gasteiger partial charge in [0, 0.05) is 24.3 Å². The second-order valence-electron chi connectivity index (χ2n) is 4.58. The summed E-state index contributed by atoms with van der Waals surface area (Å²) in [4.78, 5) is 16.9. The van der Waals surface area contributed by atoms with Gasteiger partial charge in [-0.15, -0.1) is 0 Å². The molecule has 0 saturated heterocycles. The average Bonchev–Trinajstić information content (AvgIpc) is 2.43. The second-order valence-corrected chi connectivity index (χ2v) is 4.58. The van der Waals surface area contributed by atoms with Crippen LogP contribution in [0, 0.1) is 0 Å². The third-order valence-electron chi connectivity index (χ3n) is 2.96. The molecule has 5 heteroatoms. The number of aliphatic carboxylic acids is 1. The lowest BCUT2D eigenvalue weighted by Gasteiger charge is -2.19. The number of anilines is 1. The van der Waals surface area contributed by atoms with Gasteiger partial charge in [-0.3, -0.25) is 9.78 Å². The van der Waals surface area contributed by atoms with Crippen molar-refractivity contribution in [3.63, 3.8) is 0 Å². The van der Waals surface area contributed by atoms with Crippen LogP contribution in [0.2, 0.25) is 0 Å². The second kappa shape index (κ2) is 6.23. The van der Waals surface area contributed by atoms with Crippen LogP contribution < -0.4 is 9.64 Å². The van der Waals surface area contributed by atoms with E-state index in [-0.39, 0.29) is 6.54 Å². The van der Waals surface area contributed by atoms with Crippen LogP contribution >= 0.6 is 0 Å². The quantitative estimate of drug-likeness (QED) is 0.877. The summed E-state index contributed by atoms with van der Waals surface area (Å²) in [5.41, 5.74) is 1.59.